The number of hydrogen-bond donors (Lipinski definition) is 1. The number of piperidine rings is 1. The van der Waals surface area contributed by atoms with E-state index >= 15 is 0 Å². The van der Waals surface area contributed by atoms with E-state index < -0.39 is 0 Å². The molecule has 0 atom stereocenters. The van der Waals surface area contributed by atoms with Crippen LogP contribution >= 0.6 is 0 Å². The van der Waals surface area contributed by atoms with Gasteiger partial charge < -0.3 is 14.6 Å². The van der Waals surface area contributed by atoms with Crippen molar-refractivity contribution in [1.29, 1.82) is 0 Å². The third-order valence-corrected chi connectivity index (χ3v) is 4.75. The molecule has 0 aliphatic carbocycles. The Morgan fingerprint density at radius 3 is 2.76 bits per heavy atom. The van der Waals surface area contributed by atoms with Crippen molar-refractivity contribution >= 4 is 16.8 Å². The van der Waals surface area contributed by atoms with E-state index in [0.29, 0.717) is 11.6 Å². The number of rotatable bonds is 3. The lowest BCUT2D eigenvalue weighted by Gasteiger charge is -2.26. The highest BCUT2D eigenvalue weighted by Crippen LogP contribution is 2.32. The normalized spacial score (nSPS) is 14.7. The molecule has 0 radical (unpaired) electrons. The molecule has 0 saturated carbocycles. The number of para-hydroxylation sites is 1. The molecule has 1 aliphatic heterocycles. The van der Waals surface area contributed by atoms with Crippen LogP contribution in [0.25, 0.3) is 22.0 Å². The fourth-order valence-electron chi connectivity index (χ4n) is 3.40. The maximum Gasteiger partial charge on any atom is 0.270 e. The minimum Gasteiger partial charge on any atom is -0.481 e. The van der Waals surface area contributed by atoms with E-state index in [-0.39, 0.29) is 5.91 Å². The van der Waals surface area contributed by atoms with E-state index in [4.69, 9.17) is 4.74 Å². The molecule has 1 aromatic carbocycles. The van der Waals surface area contributed by atoms with E-state index in [1.165, 1.54) is 6.42 Å². The largest absolute Gasteiger partial charge is 0.481 e. The summed E-state index contributed by atoms with van der Waals surface area (Å²) < 4.78 is 5.47. The predicted octanol–water partition coefficient (Wildman–Crippen LogP) is 3.86. The van der Waals surface area contributed by atoms with Crippen molar-refractivity contribution in [2.24, 2.45) is 0 Å². The summed E-state index contributed by atoms with van der Waals surface area (Å²) in [6.45, 7) is 1.68. The van der Waals surface area contributed by atoms with Crippen LogP contribution < -0.4 is 4.74 Å². The zero-order valence-electron chi connectivity index (χ0n) is 14.3. The molecule has 128 valence electrons. The third kappa shape index (κ3) is 2.97. The molecule has 4 rings (SSSR count). The van der Waals surface area contributed by atoms with Crippen LogP contribution in [0.15, 0.2) is 42.6 Å². The van der Waals surface area contributed by atoms with Crippen molar-refractivity contribution in [3.8, 4) is 17.0 Å². The van der Waals surface area contributed by atoms with E-state index in [1.54, 1.807) is 7.11 Å². The molecule has 5 heteroatoms. The summed E-state index contributed by atoms with van der Waals surface area (Å²) in [7, 11) is 1.62. The molecular weight excluding hydrogens is 314 g/mol. The number of carbonyl (C=O) groups excluding carboxylic acids is 1. The second kappa shape index (κ2) is 6.59. The van der Waals surface area contributed by atoms with Gasteiger partial charge in [0.25, 0.3) is 5.91 Å². The molecule has 1 N–H and O–H groups in total. The number of aromatic amines is 1. The Morgan fingerprint density at radius 1 is 1.16 bits per heavy atom. The Hall–Kier alpha value is -2.82. The van der Waals surface area contributed by atoms with E-state index in [2.05, 4.69) is 16.0 Å². The summed E-state index contributed by atoms with van der Waals surface area (Å²) in [4.78, 5) is 22.3. The van der Waals surface area contributed by atoms with Crippen LogP contribution in [0.1, 0.15) is 29.8 Å². The van der Waals surface area contributed by atoms with Crippen LogP contribution in [-0.2, 0) is 0 Å². The molecule has 2 aromatic heterocycles. The van der Waals surface area contributed by atoms with Crippen LogP contribution in [0.4, 0.5) is 0 Å². The lowest BCUT2D eigenvalue weighted by Crippen LogP contribution is -2.35. The second-order valence-electron chi connectivity index (χ2n) is 6.39. The number of amides is 1. The summed E-state index contributed by atoms with van der Waals surface area (Å²) in [5.41, 5.74) is 3.31. The first-order valence-electron chi connectivity index (χ1n) is 8.68. The number of pyridine rings is 1. The second-order valence-corrected chi connectivity index (χ2v) is 6.39. The number of H-pyrrole nitrogens is 1. The number of methoxy groups -OCH3 is 1. The molecule has 1 fully saturated rings. The van der Waals surface area contributed by atoms with Gasteiger partial charge in [0.1, 0.15) is 5.69 Å². The van der Waals surface area contributed by atoms with Crippen molar-refractivity contribution in [3.63, 3.8) is 0 Å². The first-order chi connectivity index (χ1) is 12.3. The number of aromatic nitrogens is 2. The topological polar surface area (TPSA) is 58.2 Å². The Bertz CT molecular complexity index is 910. The minimum atomic E-state index is 0.0682. The third-order valence-electron chi connectivity index (χ3n) is 4.75. The van der Waals surface area contributed by atoms with Gasteiger partial charge in [-0.15, -0.1) is 0 Å². The van der Waals surface area contributed by atoms with Gasteiger partial charge in [-0.1, -0.05) is 18.2 Å². The smallest absolute Gasteiger partial charge is 0.270 e. The van der Waals surface area contributed by atoms with Crippen molar-refractivity contribution in [2.45, 2.75) is 19.3 Å². The van der Waals surface area contributed by atoms with Crippen molar-refractivity contribution in [2.75, 3.05) is 20.2 Å². The first kappa shape index (κ1) is 15.7. The Labute approximate surface area is 146 Å². The van der Waals surface area contributed by atoms with Crippen LogP contribution in [0.5, 0.6) is 5.88 Å². The molecule has 0 bridgehead atoms. The fraction of sp³-hybridized carbons (Fsp3) is 0.300. The number of nitrogens with zero attached hydrogens (tertiary/aromatic N) is 2. The van der Waals surface area contributed by atoms with Crippen LogP contribution in [-0.4, -0.2) is 41.0 Å². The Balaban J connectivity index is 1.69. The van der Waals surface area contributed by atoms with Crippen molar-refractivity contribution in [3.05, 3.63) is 48.3 Å². The highest BCUT2D eigenvalue weighted by molar-refractivity contribution is 5.95. The molecule has 0 spiro atoms. The summed E-state index contributed by atoms with van der Waals surface area (Å²) in [5.74, 6) is 0.633. The van der Waals surface area contributed by atoms with E-state index in [9.17, 15) is 4.79 Å². The predicted molar refractivity (Wildman–Crippen MR) is 97.8 cm³/mol. The van der Waals surface area contributed by atoms with Gasteiger partial charge in [-0.25, -0.2) is 4.98 Å². The standard InChI is InChI=1S/C20H21N3O2/c1-25-19-16(11-14-7-3-4-8-17(14)22-19)15-12-18(21-13-15)20(24)23-9-5-2-6-10-23/h3-4,7-8,11-13,21H,2,5-6,9-10H2,1H3. The number of carbonyl (C=O) groups is 1. The van der Waals surface area contributed by atoms with Crippen molar-refractivity contribution < 1.29 is 9.53 Å². The monoisotopic (exact) mass is 335 g/mol. The molecule has 1 aliphatic rings. The van der Waals surface area contributed by atoms with Crippen LogP contribution in [0.3, 0.4) is 0 Å². The molecule has 1 amide bonds. The quantitative estimate of drug-likeness (QED) is 0.790. The van der Waals surface area contributed by atoms with Crippen molar-refractivity contribution in [1.82, 2.24) is 14.9 Å². The lowest BCUT2D eigenvalue weighted by atomic mass is 10.1. The van der Waals surface area contributed by atoms with E-state index in [0.717, 1.165) is 48.0 Å². The molecule has 1 saturated heterocycles. The minimum absolute atomic E-state index is 0.0682. The number of likely N-dealkylation sites (tertiary alicyclic amines) is 1. The van der Waals surface area contributed by atoms with Gasteiger partial charge in [0.2, 0.25) is 5.88 Å². The maximum atomic E-state index is 12.7. The van der Waals surface area contributed by atoms with Gasteiger partial charge in [-0.05, 0) is 37.5 Å². The highest BCUT2D eigenvalue weighted by atomic mass is 16.5. The zero-order valence-corrected chi connectivity index (χ0v) is 14.3. The lowest BCUT2D eigenvalue weighted by molar-refractivity contribution is 0.0719. The number of ether oxygens (including phenoxy) is 1. The van der Waals surface area contributed by atoms with Gasteiger partial charge in [0.15, 0.2) is 0 Å². The average molecular weight is 335 g/mol. The summed E-state index contributed by atoms with van der Waals surface area (Å²) in [6, 6.07) is 11.9. The number of nitrogens with one attached hydrogen (secondary N) is 1. The summed E-state index contributed by atoms with van der Waals surface area (Å²) >= 11 is 0. The molecule has 0 unspecified atom stereocenters. The molecule has 3 heterocycles. The van der Waals surface area contributed by atoms with Gasteiger partial charge in [-0.2, -0.15) is 0 Å². The molecular formula is C20H21N3O2. The molecule has 3 aromatic rings. The van der Waals surface area contributed by atoms with Gasteiger partial charge >= 0.3 is 0 Å². The van der Waals surface area contributed by atoms with Crippen LogP contribution in [0.2, 0.25) is 0 Å². The SMILES string of the molecule is COc1nc2ccccc2cc1-c1c[nH]c(C(=O)N2CCCCC2)c1. The Kier molecular flexibility index (Phi) is 4.14. The number of hydrogen-bond acceptors (Lipinski definition) is 3. The highest BCUT2D eigenvalue weighted by Gasteiger charge is 2.20. The fourth-order valence-corrected chi connectivity index (χ4v) is 3.40. The van der Waals surface area contributed by atoms with Gasteiger partial charge in [0.05, 0.1) is 12.6 Å². The molecule has 25 heavy (non-hydrogen) atoms. The summed E-state index contributed by atoms with van der Waals surface area (Å²) in [5, 5.41) is 1.04. The first-order valence-corrected chi connectivity index (χ1v) is 8.68. The zero-order chi connectivity index (χ0) is 17.2. The average Bonchev–Trinajstić information content (AvgIpc) is 3.17. The molecule has 5 nitrogen and oxygen atoms in total. The Morgan fingerprint density at radius 2 is 1.96 bits per heavy atom. The van der Waals surface area contributed by atoms with E-state index in [1.807, 2.05) is 41.4 Å². The summed E-state index contributed by atoms with van der Waals surface area (Å²) in [6.07, 6.45) is 5.23. The maximum absolute atomic E-state index is 12.7. The van der Waals surface area contributed by atoms with Gasteiger partial charge in [0, 0.05) is 35.8 Å². The number of fused-ring (bicyclic) bond motifs is 1. The van der Waals surface area contributed by atoms with Gasteiger partial charge in [-0.3, -0.25) is 4.79 Å². The van der Waals surface area contributed by atoms with Crippen LogP contribution in [0, 0.1) is 0 Å². The number of benzene rings is 1.